The minimum absolute atomic E-state index is 0.000597. The van der Waals surface area contributed by atoms with Gasteiger partial charge < -0.3 is 10.4 Å². The molecule has 1 heterocycles. The number of phenolic OH excluding ortho intramolecular Hbond substituents is 1. The molecule has 0 bridgehead atoms. The summed E-state index contributed by atoms with van der Waals surface area (Å²) in [7, 11) is 0. The maximum Gasteiger partial charge on any atom is 0.251 e. The third-order valence-corrected chi connectivity index (χ3v) is 7.76. The van der Waals surface area contributed by atoms with E-state index in [0.29, 0.717) is 17.2 Å². The number of nitrogens with one attached hydrogen (secondary N) is 1. The molecule has 4 nitrogen and oxygen atoms in total. The SMILES string of the molecule is C=CCN1CC[C@@]2(c3cccc(O)c3)C[C@@H](NC(=O)c3ccc4ccccc4c3)CC[C@@H]2C1. The average molecular weight is 441 g/mol. The molecule has 0 radical (unpaired) electrons. The molecule has 5 rings (SSSR count). The van der Waals surface area contributed by atoms with Crippen LogP contribution in [0, 0.1) is 5.92 Å². The molecule has 0 aromatic heterocycles. The van der Waals surface area contributed by atoms with E-state index < -0.39 is 0 Å². The fraction of sp³-hybridized carbons (Fsp3) is 0.345. The highest BCUT2D eigenvalue weighted by atomic mass is 16.3. The number of rotatable bonds is 5. The Morgan fingerprint density at radius 2 is 1.94 bits per heavy atom. The lowest BCUT2D eigenvalue weighted by atomic mass is 9.58. The van der Waals surface area contributed by atoms with Gasteiger partial charge >= 0.3 is 0 Å². The van der Waals surface area contributed by atoms with Crippen LogP contribution in [0.5, 0.6) is 5.75 Å². The summed E-state index contributed by atoms with van der Waals surface area (Å²) in [6.07, 6.45) is 5.95. The van der Waals surface area contributed by atoms with Gasteiger partial charge in [-0.1, -0.05) is 48.5 Å². The number of fused-ring (bicyclic) bond motifs is 2. The van der Waals surface area contributed by atoms with E-state index in [4.69, 9.17) is 0 Å². The summed E-state index contributed by atoms with van der Waals surface area (Å²) in [5.74, 6) is 0.817. The van der Waals surface area contributed by atoms with E-state index in [1.54, 1.807) is 6.07 Å². The molecule has 0 spiro atoms. The molecule has 33 heavy (non-hydrogen) atoms. The summed E-state index contributed by atoms with van der Waals surface area (Å²) in [6, 6.07) is 21.9. The maximum atomic E-state index is 13.2. The number of benzene rings is 3. The Bertz CT molecular complexity index is 1170. The number of carbonyl (C=O) groups is 1. The smallest absolute Gasteiger partial charge is 0.251 e. The first-order chi connectivity index (χ1) is 16.1. The van der Waals surface area contributed by atoms with Crippen molar-refractivity contribution in [1.29, 1.82) is 0 Å². The number of hydrogen-bond acceptors (Lipinski definition) is 3. The van der Waals surface area contributed by atoms with Crippen molar-refractivity contribution in [3.05, 3.63) is 90.5 Å². The highest BCUT2D eigenvalue weighted by Crippen LogP contribution is 2.49. The minimum atomic E-state index is -0.0318. The standard InChI is InChI=1S/C29H32N2O2/c1-2-15-31-16-14-29(24-8-5-9-27(32)18-24)19-26(13-12-25(29)20-31)30-28(33)23-11-10-21-6-3-4-7-22(21)17-23/h2-11,17-18,25-26,32H,1,12-16,19-20H2,(H,30,33)/t25-,26+,29+/m1/s1. The van der Waals surface area contributed by atoms with Gasteiger partial charge in [-0.25, -0.2) is 0 Å². The molecule has 1 saturated heterocycles. The number of amides is 1. The number of likely N-dealkylation sites (tertiary alicyclic amines) is 1. The van der Waals surface area contributed by atoms with Gasteiger partial charge in [-0.15, -0.1) is 6.58 Å². The summed E-state index contributed by atoms with van der Waals surface area (Å²) >= 11 is 0. The summed E-state index contributed by atoms with van der Waals surface area (Å²) in [5.41, 5.74) is 1.88. The van der Waals surface area contributed by atoms with Gasteiger partial charge in [0.05, 0.1) is 0 Å². The van der Waals surface area contributed by atoms with E-state index in [2.05, 4.69) is 28.9 Å². The third-order valence-electron chi connectivity index (χ3n) is 7.76. The molecular formula is C29H32N2O2. The molecule has 1 saturated carbocycles. The summed E-state index contributed by atoms with van der Waals surface area (Å²) in [5, 5.41) is 15.8. The van der Waals surface area contributed by atoms with Crippen molar-refractivity contribution in [2.24, 2.45) is 5.92 Å². The third kappa shape index (κ3) is 4.28. The second kappa shape index (κ2) is 9.03. The molecule has 1 aliphatic heterocycles. The Hall–Kier alpha value is -3.11. The highest BCUT2D eigenvalue weighted by molar-refractivity contribution is 5.98. The lowest BCUT2D eigenvalue weighted by Gasteiger charge is -2.53. The van der Waals surface area contributed by atoms with Crippen molar-refractivity contribution < 1.29 is 9.90 Å². The van der Waals surface area contributed by atoms with Crippen LogP contribution in [0.4, 0.5) is 0 Å². The molecule has 3 atom stereocenters. The number of phenols is 1. The van der Waals surface area contributed by atoms with E-state index in [1.807, 2.05) is 54.6 Å². The summed E-state index contributed by atoms with van der Waals surface area (Å²) in [4.78, 5) is 15.7. The molecule has 4 heteroatoms. The first kappa shape index (κ1) is 21.7. The zero-order valence-corrected chi connectivity index (χ0v) is 19.0. The van der Waals surface area contributed by atoms with Crippen LogP contribution in [0.15, 0.2) is 79.4 Å². The van der Waals surface area contributed by atoms with E-state index in [9.17, 15) is 9.90 Å². The summed E-state index contributed by atoms with van der Waals surface area (Å²) < 4.78 is 0. The number of piperidine rings is 1. The largest absolute Gasteiger partial charge is 0.508 e. The number of carbonyl (C=O) groups excluding carboxylic acids is 1. The lowest BCUT2D eigenvalue weighted by Crippen LogP contribution is -2.56. The summed E-state index contributed by atoms with van der Waals surface area (Å²) in [6.45, 7) is 6.87. The van der Waals surface area contributed by atoms with Crippen LogP contribution in [0.3, 0.4) is 0 Å². The van der Waals surface area contributed by atoms with Crippen LogP contribution in [0.2, 0.25) is 0 Å². The van der Waals surface area contributed by atoms with Crippen LogP contribution < -0.4 is 5.32 Å². The Labute approximate surface area is 195 Å². The predicted octanol–water partition coefficient (Wildman–Crippen LogP) is 5.27. The second-order valence-electron chi connectivity index (χ2n) is 9.72. The maximum absolute atomic E-state index is 13.2. The molecule has 2 aliphatic rings. The van der Waals surface area contributed by atoms with Gasteiger partial charge in [-0.2, -0.15) is 0 Å². The van der Waals surface area contributed by atoms with E-state index in [-0.39, 0.29) is 17.4 Å². The first-order valence-electron chi connectivity index (χ1n) is 12.0. The molecule has 3 aromatic rings. The van der Waals surface area contributed by atoms with Crippen LogP contribution in [-0.4, -0.2) is 41.6 Å². The molecule has 1 aliphatic carbocycles. The fourth-order valence-corrected chi connectivity index (χ4v) is 6.10. The number of hydrogen-bond donors (Lipinski definition) is 2. The van der Waals surface area contributed by atoms with Gasteiger partial charge in [0.1, 0.15) is 5.75 Å². The van der Waals surface area contributed by atoms with Crippen molar-refractivity contribution in [3.63, 3.8) is 0 Å². The Balaban J connectivity index is 1.39. The monoisotopic (exact) mass is 440 g/mol. The van der Waals surface area contributed by atoms with E-state index in [0.717, 1.165) is 56.1 Å². The van der Waals surface area contributed by atoms with Crippen molar-refractivity contribution in [2.45, 2.75) is 37.1 Å². The molecular weight excluding hydrogens is 408 g/mol. The normalized spacial score (nSPS) is 25.3. The van der Waals surface area contributed by atoms with Gasteiger partial charge in [-0.3, -0.25) is 9.69 Å². The van der Waals surface area contributed by atoms with Gasteiger partial charge in [0.2, 0.25) is 0 Å². The Kier molecular flexibility index (Phi) is 5.94. The van der Waals surface area contributed by atoms with Gasteiger partial charge in [0.25, 0.3) is 5.91 Å². The molecule has 2 N–H and O–H groups in total. The molecule has 1 amide bonds. The van der Waals surface area contributed by atoms with Crippen LogP contribution in [-0.2, 0) is 5.41 Å². The average Bonchev–Trinajstić information content (AvgIpc) is 2.84. The minimum Gasteiger partial charge on any atom is -0.508 e. The molecule has 3 aromatic carbocycles. The lowest BCUT2D eigenvalue weighted by molar-refractivity contribution is 0.0473. The van der Waals surface area contributed by atoms with Crippen molar-refractivity contribution in [1.82, 2.24) is 10.2 Å². The zero-order chi connectivity index (χ0) is 22.8. The van der Waals surface area contributed by atoms with Crippen LogP contribution >= 0.6 is 0 Å². The van der Waals surface area contributed by atoms with Crippen molar-refractivity contribution in [3.8, 4) is 5.75 Å². The topological polar surface area (TPSA) is 52.6 Å². The van der Waals surface area contributed by atoms with Crippen LogP contribution in [0.25, 0.3) is 10.8 Å². The van der Waals surface area contributed by atoms with Crippen LogP contribution in [0.1, 0.15) is 41.6 Å². The van der Waals surface area contributed by atoms with Gasteiger partial charge in [-0.05, 0) is 78.7 Å². The Morgan fingerprint density at radius 1 is 1.09 bits per heavy atom. The van der Waals surface area contributed by atoms with E-state index >= 15 is 0 Å². The fourth-order valence-electron chi connectivity index (χ4n) is 6.10. The number of aromatic hydroxyl groups is 1. The van der Waals surface area contributed by atoms with Crippen molar-refractivity contribution in [2.75, 3.05) is 19.6 Å². The zero-order valence-electron chi connectivity index (χ0n) is 19.0. The van der Waals surface area contributed by atoms with Crippen molar-refractivity contribution >= 4 is 16.7 Å². The van der Waals surface area contributed by atoms with Gasteiger partial charge in [0, 0.05) is 30.1 Å². The van der Waals surface area contributed by atoms with Gasteiger partial charge in [0.15, 0.2) is 0 Å². The first-order valence-corrected chi connectivity index (χ1v) is 12.0. The molecule has 170 valence electrons. The highest BCUT2D eigenvalue weighted by Gasteiger charge is 2.48. The quantitative estimate of drug-likeness (QED) is 0.531. The molecule has 2 fully saturated rings. The molecule has 0 unspecified atom stereocenters. The second-order valence-corrected chi connectivity index (χ2v) is 9.72. The van der Waals surface area contributed by atoms with E-state index in [1.165, 1.54) is 5.56 Å². The predicted molar refractivity (Wildman–Crippen MR) is 134 cm³/mol. The Morgan fingerprint density at radius 3 is 2.76 bits per heavy atom. The number of nitrogens with zero attached hydrogens (tertiary/aromatic N) is 1.